The lowest BCUT2D eigenvalue weighted by Gasteiger charge is -2.49. The Morgan fingerprint density at radius 2 is 1.67 bits per heavy atom. The second-order valence-corrected chi connectivity index (χ2v) is 17.3. The van der Waals surface area contributed by atoms with E-state index in [0.717, 1.165) is 0 Å². The Labute approximate surface area is 368 Å². The zero-order chi connectivity index (χ0) is 43.9. The van der Waals surface area contributed by atoms with Crippen LogP contribution in [-0.4, -0.2) is 109 Å². The number of carbonyl (C=O) groups excluding carboxylic acids is 4. The molecule has 1 N–H and O–H groups in total. The minimum absolute atomic E-state index is 0.0108. The number of ether oxygens (including phenoxy) is 9. The van der Waals surface area contributed by atoms with Crippen LogP contribution in [0.15, 0.2) is 65.8 Å². The van der Waals surface area contributed by atoms with Gasteiger partial charge >= 0.3 is 18.0 Å². The number of alkyl halides is 3. The molecule has 334 valence electrons. The summed E-state index contributed by atoms with van der Waals surface area (Å²) in [5.41, 5.74) is 9.60. The molecule has 0 bridgehead atoms. The van der Waals surface area contributed by atoms with E-state index in [2.05, 4.69) is 15.3 Å². The van der Waals surface area contributed by atoms with E-state index in [0.29, 0.717) is 37.8 Å². The molecule has 0 saturated carbocycles. The molecule has 5 rings (SSSR count). The molecule has 3 fully saturated rings. The van der Waals surface area contributed by atoms with E-state index in [1.54, 1.807) is 37.3 Å². The highest BCUT2D eigenvalue weighted by Crippen LogP contribution is 2.40. The van der Waals surface area contributed by atoms with Crippen LogP contribution in [-0.2, 0) is 52.2 Å². The van der Waals surface area contributed by atoms with Crippen molar-refractivity contribution in [2.75, 3.05) is 26.4 Å². The van der Waals surface area contributed by atoms with Crippen LogP contribution in [0.3, 0.4) is 0 Å². The van der Waals surface area contributed by atoms with E-state index < -0.39 is 95.9 Å². The van der Waals surface area contributed by atoms with Crippen molar-refractivity contribution in [2.45, 2.75) is 125 Å². The van der Waals surface area contributed by atoms with Gasteiger partial charge in [-0.1, -0.05) is 109 Å². The largest absolute Gasteiger partial charge is 0.460 e. The van der Waals surface area contributed by atoms with E-state index in [1.165, 1.54) is 6.92 Å². The van der Waals surface area contributed by atoms with Gasteiger partial charge in [-0.3, -0.25) is 4.79 Å². The Morgan fingerprint density at radius 3 is 2.34 bits per heavy atom. The molecule has 61 heavy (non-hydrogen) atoms. The normalized spacial score (nSPS) is 27.8. The number of ketones is 1. The number of hydrogen-bond donors (Lipinski definition) is 1. The molecular weight excluding hydrogens is 863 g/mol. The zero-order valence-electron chi connectivity index (χ0n) is 34.0. The number of Topliss-reactive ketones (excluding diaryl/α,β-unsaturated/α-hetero) is 1. The number of fused-ring (bicyclic) bond motifs is 1. The van der Waals surface area contributed by atoms with Gasteiger partial charge in [0.15, 0.2) is 25.0 Å². The third-order valence-electron chi connectivity index (χ3n) is 10.2. The maximum atomic E-state index is 13.7. The van der Waals surface area contributed by atoms with Crippen LogP contribution in [0.5, 0.6) is 0 Å². The van der Waals surface area contributed by atoms with Crippen LogP contribution in [0.1, 0.15) is 81.5 Å². The summed E-state index contributed by atoms with van der Waals surface area (Å²) in [5.74, 6) is -2.04. The van der Waals surface area contributed by atoms with Gasteiger partial charge in [-0.2, -0.15) is 0 Å². The molecule has 7 unspecified atom stereocenters. The van der Waals surface area contributed by atoms with Gasteiger partial charge in [-0.05, 0) is 43.9 Å². The predicted octanol–water partition coefficient (Wildman–Crippen LogP) is 7.45. The van der Waals surface area contributed by atoms with Crippen LogP contribution < -0.4 is 5.32 Å². The minimum Gasteiger partial charge on any atom is -0.460 e. The Morgan fingerprint density at radius 1 is 0.951 bits per heavy atom. The highest BCUT2D eigenvalue weighted by atomic mass is 35.6. The van der Waals surface area contributed by atoms with E-state index in [9.17, 15) is 19.2 Å². The molecule has 2 aromatic carbocycles. The number of halogens is 3. The summed E-state index contributed by atoms with van der Waals surface area (Å²) in [6.45, 7) is 4.87. The smallest absolute Gasteiger partial charge is 0.407 e. The van der Waals surface area contributed by atoms with Crippen molar-refractivity contribution in [1.82, 2.24) is 5.32 Å². The SMILES string of the molecule is CC[C@@H](OC(=O)CCC(C)=O)[C@@H]1O[C@@H](OC2C(NC(=O)OCC(Cl)(Cl)Cl)C(OCCCCCN=[N+]=[N-])OC3COC(c4ccccc4)OC32)C(OC(=O)c2ccccc2)[C@@H]1C. The maximum Gasteiger partial charge on any atom is 0.407 e. The Kier molecular flexibility index (Phi) is 18.7. The second-order valence-electron chi connectivity index (χ2n) is 14.8. The second kappa shape index (κ2) is 23.6. The van der Waals surface area contributed by atoms with E-state index in [4.69, 9.17) is 83.0 Å². The molecule has 3 heterocycles. The van der Waals surface area contributed by atoms with Gasteiger partial charge in [0.05, 0.1) is 18.6 Å². The van der Waals surface area contributed by atoms with Crippen LogP contribution in [0.4, 0.5) is 4.79 Å². The van der Waals surface area contributed by atoms with Crippen molar-refractivity contribution < 1.29 is 61.8 Å². The highest BCUT2D eigenvalue weighted by Gasteiger charge is 2.56. The molecule has 0 aromatic heterocycles. The number of benzene rings is 2. The van der Waals surface area contributed by atoms with Gasteiger partial charge in [-0.25, -0.2) is 9.59 Å². The minimum atomic E-state index is -1.93. The van der Waals surface area contributed by atoms with Crippen LogP contribution in [0.2, 0.25) is 0 Å². The molecule has 0 radical (unpaired) electrons. The van der Waals surface area contributed by atoms with Crippen molar-refractivity contribution in [3.63, 3.8) is 0 Å². The number of esters is 2. The van der Waals surface area contributed by atoms with E-state index >= 15 is 0 Å². The molecule has 3 aliphatic rings. The number of carbonyl (C=O) groups is 4. The summed E-state index contributed by atoms with van der Waals surface area (Å²) >= 11 is 17.7. The van der Waals surface area contributed by atoms with Gasteiger partial charge in [0.25, 0.3) is 0 Å². The van der Waals surface area contributed by atoms with Crippen LogP contribution in [0.25, 0.3) is 10.4 Å². The number of nitrogens with zero attached hydrogens (tertiary/aromatic N) is 3. The Bertz CT molecular complexity index is 1790. The van der Waals surface area contributed by atoms with Gasteiger partial charge in [0.2, 0.25) is 3.79 Å². The van der Waals surface area contributed by atoms with E-state index in [-0.39, 0.29) is 37.4 Å². The average Bonchev–Trinajstić information content (AvgIpc) is 3.55. The maximum absolute atomic E-state index is 13.7. The predicted molar refractivity (Wildman–Crippen MR) is 219 cm³/mol. The molecule has 2 aromatic rings. The van der Waals surface area contributed by atoms with Gasteiger partial charge in [0, 0.05) is 36.0 Å². The number of amides is 1. The van der Waals surface area contributed by atoms with Gasteiger partial charge < -0.3 is 52.7 Å². The quantitative estimate of drug-likeness (QED) is 0.0260. The summed E-state index contributed by atoms with van der Waals surface area (Å²) < 4.78 is 54.2. The first-order valence-corrected chi connectivity index (χ1v) is 21.3. The first-order valence-electron chi connectivity index (χ1n) is 20.1. The third kappa shape index (κ3) is 14.4. The fourth-order valence-electron chi connectivity index (χ4n) is 7.14. The fourth-order valence-corrected chi connectivity index (χ4v) is 7.30. The molecule has 3 saturated heterocycles. The molecule has 3 aliphatic heterocycles. The topological polar surface area (TPSA) is 212 Å². The first kappa shape index (κ1) is 48.3. The number of unbranched alkanes of at least 4 members (excludes halogenated alkanes) is 2. The molecule has 11 atom stereocenters. The fraction of sp³-hybridized carbons (Fsp3) is 0.610. The summed E-state index contributed by atoms with van der Waals surface area (Å²) in [4.78, 5) is 54.4. The summed E-state index contributed by atoms with van der Waals surface area (Å²) in [7, 11) is 0. The standard InChI is InChI=1S/C41H51Cl3N4O13/c1-4-28(56-30(50)19-18-24(2)49)32-25(3)33(58-36(51)26-14-8-5-9-15-26)39(59-32)61-35-31(47-40(52)55-23-41(42,43)44)38(53-21-13-7-12-20-46-48-45)57-29-22-54-37(60-34(29)35)27-16-10-6-11-17-27/h5-6,8-11,14-17,25,28-29,31-35,37-39H,4,7,12-13,18-23H2,1-3H3,(H,47,52)/t25-,28-,29?,31?,32-,33?,34?,35?,37?,38?,39+/m1/s1. The number of rotatable bonds is 20. The van der Waals surface area contributed by atoms with Crippen molar-refractivity contribution in [3.8, 4) is 0 Å². The molecule has 1 amide bonds. The highest BCUT2D eigenvalue weighted by molar-refractivity contribution is 6.67. The summed E-state index contributed by atoms with van der Waals surface area (Å²) in [6, 6.07) is 16.3. The number of azide groups is 1. The van der Waals surface area contributed by atoms with Gasteiger partial charge in [0.1, 0.15) is 49.0 Å². The van der Waals surface area contributed by atoms with Crippen molar-refractivity contribution in [1.29, 1.82) is 0 Å². The number of nitrogens with one attached hydrogen (secondary N) is 1. The molecule has 0 spiro atoms. The molecular formula is C41H51Cl3N4O13. The Hall–Kier alpha value is -3.74. The first-order chi connectivity index (χ1) is 29.3. The lowest BCUT2D eigenvalue weighted by Crippen LogP contribution is -2.68. The molecule has 17 nitrogen and oxygen atoms in total. The van der Waals surface area contributed by atoms with Crippen molar-refractivity contribution in [2.24, 2.45) is 11.0 Å². The zero-order valence-corrected chi connectivity index (χ0v) is 36.2. The van der Waals surface area contributed by atoms with Gasteiger partial charge in [-0.15, -0.1) is 0 Å². The number of hydrogen-bond acceptors (Lipinski definition) is 14. The summed E-state index contributed by atoms with van der Waals surface area (Å²) in [5, 5.41) is 6.33. The lowest BCUT2D eigenvalue weighted by atomic mass is 9.94. The van der Waals surface area contributed by atoms with Crippen molar-refractivity contribution in [3.05, 3.63) is 82.2 Å². The van der Waals surface area contributed by atoms with Crippen LogP contribution >= 0.6 is 34.8 Å². The molecule has 20 heteroatoms. The monoisotopic (exact) mass is 912 g/mol. The van der Waals surface area contributed by atoms with Crippen LogP contribution in [0, 0.1) is 5.92 Å². The third-order valence-corrected chi connectivity index (χ3v) is 10.5. The number of alkyl carbamates (subject to hydrolysis) is 1. The molecule has 0 aliphatic carbocycles. The average molecular weight is 914 g/mol. The summed E-state index contributed by atoms with van der Waals surface area (Å²) in [6.07, 6.45) is -8.17. The van der Waals surface area contributed by atoms with E-state index in [1.807, 2.05) is 37.3 Å². The van der Waals surface area contributed by atoms with Crippen molar-refractivity contribution >= 4 is 58.6 Å². The lowest BCUT2D eigenvalue weighted by molar-refractivity contribution is -0.362. The Balaban J connectivity index is 1.50.